The molecular formula is C7H18NO2+. The summed E-state index contributed by atoms with van der Waals surface area (Å²) in [7, 11) is 1.93. The normalized spacial score (nSPS) is 17.4. The summed E-state index contributed by atoms with van der Waals surface area (Å²) in [4.78, 5) is 0. The van der Waals surface area contributed by atoms with Crippen molar-refractivity contribution >= 4 is 0 Å². The first kappa shape index (κ1) is 9.88. The smallest absolute Gasteiger partial charge is 0.180 e. The lowest BCUT2D eigenvalue weighted by Gasteiger charge is -2.35. The predicted octanol–water partition coefficient (Wildman–Crippen LogP) is -0.216. The quantitative estimate of drug-likeness (QED) is 0.427. The fraction of sp³-hybridized carbons (Fsp3) is 1.00. The van der Waals surface area contributed by atoms with E-state index >= 15 is 0 Å². The van der Waals surface area contributed by atoms with Gasteiger partial charge < -0.3 is 10.2 Å². The van der Waals surface area contributed by atoms with Crippen LogP contribution in [0.2, 0.25) is 0 Å². The van der Waals surface area contributed by atoms with Crippen LogP contribution in [-0.4, -0.2) is 47.7 Å². The number of hydrogen-bond acceptors (Lipinski definition) is 2. The van der Waals surface area contributed by atoms with E-state index in [1.165, 1.54) is 0 Å². The van der Waals surface area contributed by atoms with Crippen LogP contribution in [0.3, 0.4) is 0 Å². The van der Waals surface area contributed by atoms with Gasteiger partial charge in [0.25, 0.3) is 0 Å². The van der Waals surface area contributed by atoms with Gasteiger partial charge in [-0.2, -0.15) is 0 Å². The highest BCUT2D eigenvalue weighted by atomic mass is 16.3. The molecule has 1 atom stereocenters. The van der Waals surface area contributed by atoms with Crippen LogP contribution in [0.5, 0.6) is 0 Å². The summed E-state index contributed by atoms with van der Waals surface area (Å²) in [6, 6.07) is 0.358. The van der Waals surface area contributed by atoms with Crippen molar-refractivity contribution in [3.8, 4) is 0 Å². The Bertz CT molecular complexity index is 95.6. The highest BCUT2D eigenvalue weighted by Gasteiger charge is 2.23. The first-order chi connectivity index (χ1) is 4.56. The second-order valence-electron chi connectivity index (χ2n) is 3.16. The van der Waals surface area contributed by atoms with Gasteiger partial charge in [0.2, 0.25) is 0 Å². The van der Waals surface area contributed by atoms with Crippen molar-refractivity contribution in [1.82, 2.24) is 0 Å². The minimum absolute atomic E-state index is 0.0955. The van der Waals surface area contributed by atoms with Crippen LogP contribution in [0.4, 0.5) is 0 Å². The average Bonchev–Trinajstić information content (AvgIpc) is 1.88. The van der Waals surface area contributed by atoms with Gasteiger partial charge in [-0.15, -0.1) is 0 Å². The molecule has 0 aliphatic rings. The maximum absolute atomic E-state index is 8.95. The number of rotatable bonds is 4. The molecule has 62 valence electrons. The molecule has 3 nitrogen and oxygen atoms in total. The van der Waals surface area contributed by atoms with Gasteiger partial charge in [0.1, 0.15) is 6.54 Å². The van der Waals surface area contributed by atoms with E-state index in [-0.39, 0.29) is 13.3 Å². The highest BCUT2D eigenvalue weighted by Crippen LogP contribution is 2.06. The molecule has 0 aromatic rings. The lowest BCUT2D eigenvalue weighted by atomic mass is 10.3. The Morgan fingerprint density at radius 1 is 1.30 bits per heavy atom. The number of nitrogens with zero attached hydrogens (tertiary/aromatic N) is 1. The Morgan fingerprint density at radius 2 is 1.80 bits per heavy atom. The van der Waals surface area contributed by atoms with Crippen LogP contribution in [0.15, 0.2) is 0 Å². The molecule has 1 unspecified atom stereocenters. The van der Waals surface area contributed by atoms with Gasteiger partial charge in [-0.05, 0) is 13.8 Å². The summed E-state index contributed by atoms with van der Waals surface area (Å²) in [6.45, 7) is 4.92. The molecule has 0 aliphatic carbocycles. The average molecular weight is 148 g/mol. The zero-order chi connectivity index (χ0) is 8.20. The molecule has 0 heterocycles. The summed E-state index contributed by atoms with van der Waals surface area (Å²) in [5.41, 5.74) is 0. The van der Waals surface area contributed by atoms with Gasteiger partial charge in [-0.3, -0.25) is 4.48 Å². The van der Waals surface area contributed by atoms with Crippen molar-refractivity contribution in [1.29, 1.82) is 0 Å². The Balaban J connectivity index is 3.94. The molecule has 0 saturated carbocycles. The summed E-state index contributed by atoms with van der Waals surface area (Å²) >= 11 is 0. The molecule has 0 aromatic carbocycles. The van der Waals surface area contributed by atoms with E-state index in [2.05, 4.69) is 0 Å². The molecule has 3 heteroatoms. The maximum Gasteiger partial charge on any atom is 0.180 e. The van der Waals surface area contributed by atoms with Crippen LogP contribution in [0.25, 0.3) is 0 Å². The van der Waals surface area contributed by atoms with Crippen LogP contribution in [0.1, 0.15) is 13.8 Å². The van der Waals surface area contributed by atoms with Gasteiger partial charge in [0.05, 0.1) is 19.7 Å². The summed E-state index contributed by atoms with van der Waals surface area (Å²) in [5.74, 6) is 0. The summed E-state index contributed by atoms with van der Waals surface area (Å²) < 4.78 is 0.524. The van der Waals surface area contributed by atoms with E-state index in [4.69, 9.17) is 10.2 Å². The highest BCUT2D eigenvalue weighted by molar-refractivity contribution is 4.39. The van der Waals surface area contributed by atoms with Gasteiger partial charge in [0.15, 0.2) is 6.73 Å². The first-order valence-corrected chi connectivity index (χ1v) is 3.63. The molecule has 0 bridgehead atoms. The Morgan fingerprint density at radius 3 is 1.90 bits per heavy atom. The summed E-state index contributed by atoms with van der Waals surface area (Å²) in [6.07, 6.45) is 0. The first-order valence-electron chi connectivity index (χ1n) is 3.63. The Hall–Kier alpha value is -0.120. The lowest BCUT2D eigenvalue weighted by Crippen LogP contribution is -2.51. The van der Waals surface area contributed by atoms with E-state index in [1.54, 1.807) is 0 Å². The fourth-order valence-electron chi connectivity index (χ4n) is 0.721. The second kappa shape index (κ2) is 3.91. The number of aliphatic hydroxyl groups excluding tert-OH is 2. The maximum atomic E-state index is 8.95. The minimum atomic E-state index is 0.0955. The van der Waals surface area contributed by atoms with Crippen molar-refractivity contribution in [2.75, 3.05) is 26.9 Å². The van der Waals surface area contributed by atoms with E-state index < -0.39 is 0 Å². The van der Waals surface area contributed by atoms with Gasteiger partial charge in [-0.25, -0.2) is 0 Å². The molecule has 0 rings (SSSR count). The zero-order valence-electron chi connectivity index (χ0n) is 7.04. The molecule has 0 saturated heterocycles. The van der Waals surface area contributed by atoms with Crippen molar-refractivity contribution in [3.05, 3.63) is 0 Å². The van der Waals surface area contributed by atoms with Crippen LogP contribution >= 0.6 is 0 Å². The zero-order valence-corrected chi connectivity index (χ0v) is 7.04. The third-order valence-corrected chi connectivity index (χ3v) is 2.18. The van der Waals surface area contributed by atoms with Crippen LogP contribution in [0, 0.1) is 0 Å². The van der Waals surface area contributed by atoms with Crippen LogP contribution < -0.4 is 0 Å². The Labute approximate surface area is 62.5 Å². The molecule has 2 N–H and O–H groups in total. The molecule has 0 spiro atoms. The molecular weight excluding hydrogens is 130 g/mol. The third-order valence-electron chi connectivity index (χ3n) is 2.18. The van der Waals surface area contributed by atoms with Crippen LogP contribution in [-0.2, 0) is 0 Å². The predicted molar refractivity (Wildman–Crippen MR) is 40.4 cm³/mol. The SMILES string of the molecule is CC(C)[N+](C)(CO)CCO. The number of quaternary nitrogens is 1. The molecule has 0 amide bonds. The topological polar surface area (TPSA) is 40.5 Å². The molecule has 0 aliphatic heterocycles. The minimum Gasteiger partial charge on any atom is -0.391 e. The second-order valence-corrected chi connectivity index (χ2v) is 3.16. The van der Waals surface area contributed by atoms with Gasteiger partial charge >= 0.3 is 0 Å². The monoisotopic (exact) mass is 148 g/mol. The van der Waals surface area contributed by atoms with E-state index in [0.717, 1.165) is 0 Å². The number of hydrogen-bond donors (Lipinski definition) is 2. The fourth-order valence-corrected chi connectivity index (χ4v) is 0.721. The third kappa shape index (κ3) is 2.25. The largest absolute Gasteiger partial charge is 0.391 e. The van der Waals surface area contributed by atoms with E-state index in [0.29, 0.717) is 17.1 Å². The number of likely N-dealkylation sites (N-methyl/N-ethyl adjacent to an activating group) is 1. The van der Waals surface area contributed by atoms with Crippen molar-refractivity contribution < 1.29 is 14.7 Å². The van der Waals surface area contributed by atoms with Gasteiger partial charge in [-0.1, -0.05) is 0 Å². The molecule has 10 heavy (non-hydrogen) atoms. The van der Waals surface area contributed by atoms with Crippen molar-refractivity contribution in [2.45, 2.75) is 19.9 Å². The lowest BCUT2D eigenvalue weighted by molar-refractivity contribution is -0.946. The summed E-state index contributed by atoms with van der Waals surface area (Å²) in [5, 5.41) is 17.6. The molecule has 0 radical (unpaired) electrons. The standard InChI is InChI=1S/C7H18NO2/c1-7(2)8(3,6-10)4-5-9/h7,9-10H,4-6H2,1-3H3/q+1. The Kier molecular flexibility index (Phi) is 3.86. The van der Waals surface area contributed by atoms with E-state index in [9.17, 15) is 0 Å². The van der Waals surface area contributed by atoms with Crippen molar-refractivity contribution in [3.63, 3.8) is 0 Å². The number of aliphatic hydroxyl groups is 2. The van der Waals surface area contributed by atoms with E-state index in [1.807, 2.05) is 20.9 Å². The van der Waals surface area contributed by atoms with Gasteiger partial charge in [0, 0.05) is 0 Å². The van der Waals surface area contributed by atoms with Crippen molar-refractivity contribution in [2.24, 2.45) is 0 Å². The molecule has 0 aromatic heterocycles. The molecule has 0 fully saturated rings.